The smallest absolute Gasteiger partial charge is 0.251 e. The molecule has 0 unspecified atom stereocenters. The van der Waals surface area contributed by atoms with Crippen LogP contribution in [-0.4, -0.2) is 44.6 Å². The first kappa shape index (κ1) is 14.3. The summed E-state index contributed by atoms with van der Waals surface area (Å²) < 4.78 is 5.02. The summed E-state index contributed by atoms with van der Waals surface area (Å²) in [6.07, 6.45) is 0.929. The largest absolute Gasteiger partial charge is 0.497 e. The standard InChI is InChI=1S/C14H19N3O3/c1-20-12-4-2-10(3-5-12)14(19)16-9-13(18)17-11-6-7-15-8-11/h2-5,11,15H,6-9H2,1H3,(H,16,19)(H,17,18)/t11-/m0/s1. The minimum Gasteiger partial charge on any atom is -0.497 e. The Morgan fingerprint density at radius 2 is 2.10 bits per heavy atom. The second-order valence-electron chi connectivity index (χ2n) is 4.67. The maximum atomic E-state index is 11.8. The Bertz CT molecular complexity index is 467. The minimum atomic E-state index is -0.271. The summed E-state index contributed by atoms with van der Waals surface area (Å²) >= 11 is 0. The monoisotopic (exact) mass is 277 g/mol. The van der Waals surface area contributed by atoms with Crippen LogP contribution in [0.5, 0.6) is 5.75 Å². The van der Waals surface area contributed by atoms with Crippen LogP contribution < -0.4 is 20.7 Å². The summed E-state index contributed by atoms with van der Waals surface area (Å²) in [5, 5.41) is 8.63. The number of rotatable bonds is 5. The number of carbonyl (C=O) groups is 2. The number of hydrogen-bond donors (Lipinski definition) is 3. The highest BCUT2D eigenvalue weighted by atomic mass is 16.5. The molecule has 2 rings (SSSR count). The highest BCUT2D eigenvalue weighted by Crippen LogP contribution is 2.10. The zero-order valence-electron chi connectivity index (χ0n) is 11.4. The van der Waals surface area contributed by atoms with E-state index in [1.54, 1.807) is 31.4 Å². The molecule has 0 radical (unpaired) electrons. The first-order valence-electron chi connectivity index (χ1n) is 6.61. The Morgan fingerprint density at radius 3 is 2.70 bits per heavy atom. The first-order chi connectivity index (χ1) is 9.69. The van der Waals surface area contributed by atoms with Gasteiger partial charge in [-0.3, -0.25) is 9.59 Å². The van der Waals surface area contributed by atoms with E-state index in [0.29, 0.717) is 11.3 Å². The summed E-state index contributed by atoms with van der Waals surface area (Å²) in [4.78, 5) is 23.5. The zero-order chi connectivity index (χ0) is 14.4. The third kappa shape index (κ3) is 3.96. The number of nitrogens with one attached hydrogen (secondary N) is 3. The third-order valence-corrected chi connectivity index (χ3v) is 3.19. The molecule has 108 valence electrons. The molecule has 0 spiro atoms. The van der Waals surface area contributed by atoms with Gasteiger partial charge in [-0.1, -0.05) is 0 Å². The van der Waals surface area contributed by atoms with Gasteiger partial charge in [0.2, 0.25) is 5.91 Å². The molecular weight excluding hydrogens is 258 g/mol. The highest BCUT2D eigenvalue weighted by molar-refractivity contribution is 5.96. The molecule has 0 saturated carbocycles. The summed E-state index contributed by atoms with van der Waals surface area (Å²) in [7, 11) is 1.57. The molecule has 1 aromatic rings. The van der Waals surface area contributed by atoms with Crippen molar-refractivity contribution in [3.05, 3.63) is 29.8 Å². The molecule has 20 heavy (non-hydrogen) atoms. The second-order valence-corrected chi connectivity index (χ2v) is 4.67. The van der Waals surface area contributed by atoms with Crippen LogP contribution in [0.2, 0.25) is 0 Å². The SMILES string of the molecule is COc1ccc(C(=O)NCC(=O)N[C@H]2CCNC2)cc1. The van der Waals surface area contributed by atoms with Crippen molar-refractivity contribution in [3.8, 4) is 5.75 Å². The molecule has 1 aliphatic rings. The van der Waals surface area contributed by atoms with Crippen molar-refractivity contribution in [3.63, 3.8) is 0 Å². The van der Waals surface area contributed by atoms with E-state index in [4.69, 9.17) is 4.74 Å². The average Bonchev–Trinajstić information content (AvgIpc) is 2.97. The average molecular weight is 277 g/mol. The number of amides is 2. The lowest BCUT2D eigenvalue weighted by Crippen LogP contribution is -2.42. The Kier molecular flexibility index (Phi) is 4.95. The molecule has 1 fully saturated rings. The van der Waals surface area contributed by atoms with Crippen molar-refractivity contribution < 1.29 is 14.3 Å². The lowest BCUT2D eigenvalue weighted by atomic mass is 10.2. The van der Waals surface area contributed by atoms with E-state index in [0.717, 1.165) is 19.5 Å². The van der Waals surface area contributed by atoms with Crippen molar-refractivity contribution in [2.75, 3.05) is 26.7 Å². The molecule has 6 heteroatoms. The first-order valence-corrected chi connectivity index (χ1v) is 6.61. The number of hydrogen-bond acceptors (Lipinski definition) is 4. The Morgan fingerprint density at radius 1 is 1.35 bits per heavy atom. The van der Waals surface area contributed by atoms with Crippen molar-refractivity contribution in [2.45, 2.75) is 12.5 Å². The quantitative estimate of drug-likeness (QED) is 0.702. The summed E-state index contributed by atoms with van der Waals surface area (Å²) in [6, 6.07) is 6.90. The fraction of sp³-hybridized carbons (Fsp3) is 0.429. The van der Waals surface area contributed by atoms with Gasteiger partial charge in [-0.05, 0) is 37.2 Å². The number of ether oxygens (including phenoxy) is 1. The number of carbonyl (C=O) groups excluding carboxylic acids is 2. The lowest BCUT2D eigenvalue weighted by Gasteiger charge is -2.11. The van der Waals surface area contributed by atoms with Crippen LogP contribution in [0, 0.1) is 0 Å². The molecule has 1 atom stereocenters. The van der Waals surface area contributed by atoms with Gasteiger partial charge < -0.3 is 20.7 Å². The van der Waals surface area contributed by atoms with E-state index in [1.807, 2.05) is 0 Å². The van der Waals surface area contributed by atoms with Crippen LogP contribution in [0.3, 0.4) is 0 Å². The molecule has 2 amide bonds. The Balaban J connectivity index is 1.77. The topological polar surface area (TPSA) is 79.5 Å². The van der Waals surface area contributed by atoms with E-state index in [1.165, 1.54) is 0 Å². The molecule has 0 aliphatic carbocycles. The molecule has 6 nitrogen and oxygen atoms in total. The van der Waals surface area contributed by atoms with Crippen molar-refractivity contribution in [2.24, 2.45) is 0 Å². The molecule has 1 aliphatic heterocycles. The van der Waals surface area contributed by atoms with Crippen LogP contribution in [0.25, 0.3) is 0 Å². The molecule has 1 heterocycles. The predicted molar refractivity (Wildman–Crippen MR) is 74.7 cm³/mol. The Hall–Kier alpha value is -2.08. The van der Waals surface area contributed by atoms with E-state index < -0.39 is 0 Å². The zero-order valence-corrected chi connectivity index (χ0v) is 11.4. The fourth-order valence-electron chi connectivity index (χ4n) is 2.06. The maximum Gasteiger partial charge on any atom is 0.251 e. The van der Waals surface area contributed by atoms with Gasteiger partial charge in [-0.15, -0.1) is 0 Å². The van der Waals surface area contributed by atoms with E-state index in [9.17, 15) is 9.59 Å². The van der Waals surface area contributed by atoms with Gasteiger partial charge in [-0.2, -0.15) is 0 Å². The lowest BCUT2D eigenvalue weighted by molar-refractivity contribution is -0.120. The van der Waals surface area contributed by atoms with Crippen LogP contribution in [0.15, 0.2) is 24.3 Å². The van der Waals surface area contributed by atoms with E-state index in [2.05, 4.69) is 16.0 Å². The summed E-state index contributed by atoms with van der Waals surface area (Å²) in [6.45, 7) is 1.70. The maximum absolute atomic E-state index is 11.8. The van der Waals surface area contributed by atoms with Gasteiger partial charge in [0.05, 0.1) is 13.7 Å². The predicted octanol–water partition coefficient (Wildman–Crippen LogP) is -0.0969. The molecular formula is C14H19N3O3. The third-order valence-electron chi connectivity index (χ3n) is 3.19. The fourth-order valence-corrected chi connectivity index (χ4v) is 2.06. The van der Waals surface area contributed by atoms with Crippen LogP contribution in [0.4, 0.5) is 0 Å². The van der Waals surface area contributed by atoms with Gasteiger partial charge in [0.25, 0.3) is 5.91 Å². The normalized spacial score (nSPS) is 17.6. The van der Waals surface area contributed by atoms with Gasteiger partial charge in [0.15, 0.2) is 0 Å². The number of benzene rings is 1. The molecule has 0 aromatic heterocycles. The van der Waals surface area contributed by atoms with Crippen molar-refractivity contribution in [1.82, 2.24) is 16.0 Å². The van der Waals surface area contributed by atoms with Gasteiger partial charge in [-0.25, -0.2) is 0 Å². The van der Waals surface area contributed by atoms with Gasteiger partial charge in [0.1, 0.15) is 5.75 Å². The number of methoxy groups -OCH3 is 1. The van der Waals surface area contributed by atoms with Gasteiger partial charge in [0, 0.05) is 18.2 Å². The minimum absolute atomic E-state index is 0.0125. The molecule has 1 saturated heterocycles. The van der Waals surface area contributed by atoms with Crippen LogP contribution >= 0.6 is 0 Å². The van der Waals surface area contributed by atoms with E-state index in [-0.39, 0.29) is 24.4 Å². The van der Waals surface area contributed by atoms with Crippen molar-refractivity contribution >= 4 is 11.8 Å². The molecule has 3 N–H and O–H groups in total. The Labute approximate surface area is 117 Å². The van der Waals surface area contributed by atoms with Crippen LogP contribution in [-0.2, 0) is 4.79 Å². The highest BCUT2D eigenvalue weighted by Gasteiger charge is 2.16. The summed E-state index contributed by atoms with van der Waals surface area (Å²) in [5.41, 5.74) is 0.501. The molecule has 0 bridgehead atoms. The summed E-state index contributed by atoms with van der Waals surface area (Å²) in [5.74, 6) is 0.251. The molecule has 1 aromatic carbocycles. The van der Waals surface area contributed by atoms with E-state index >= 15 is 0 Å². The van der Waals surface area contributed by atoms with Crippen LogP contribution in [0.1, 0.15) is 16.8 Å². The second kappa shape index (κ2) is 6.91. The van der Waals surface area contributed by atoms with Gasteiger partial charge >= 0.3 is 0 Å². The van der Waals surface area contributed by atoms with Crippen molar-refractivity contribution in [1.29, 1.82) is 0 Å².